The van der Waals surface area contributed by atoms with E-state index in [0.29, 0.717) is 6.61 Å². The highest BCUT2D eigenvalue weighted by Gasteiger charge is 2.08. The van der Waals surface area contributed by atoms with Crippen molar-refractivity contribution in [2.24, 2.45) is 0 Å². The van der Waals surface area contributed by atoms with Crippen LogP contribution in [0.3, 0.4) is 0 Å². The van der Waals surface area contributed by atoms with Crippen molar-refractivity contribution in [1.82, 2.24) is 0 Å². The number of hydrogen-bond acceptors (Lipinski definition) is 2. The number of hydrogen-bond donors (Lipinski definition) is 0. The molecule has 0 N–H and O–H groups in total. The Labute approximate surface area is 53.7 Å². The predicted octanol–water partition coefficient (Wildman–Crippen LogP) is 1.68. The molecule has 0 radical (unpaired) electrons. The van der Waals surface area contributed by atoms with Crippen LogP contribution >= 0.6 is 11.6 Å². The highest BCUT2D eigenvalue weighted by atomic mass is 35.5. The lowest BCUT2D eigenvalue weighted by Crippen LogP contribution is -2.00. The predicted molar refractivity (Wildman–Crippen MR) is 30.5 cm³/mol. The molecule has 0 aromatic heterocycles. The van der Waals surface area contributed by atoms with Crippen molar-refractivity contribution in [1.29, 1.82) is 0 Å². The van der Waals surface area contributed by atoms with E-state index < -0.39 is 0 Å². The standard InChI is InChI=1S/C5H9ClO2/c6-5-3-1-2-4-7-8-5/h5H,1-4H2. The highest BCUT2D eigenvalue weighted by Crippen LogP contribution is 2.13. The fraction of sp³-hybridized carbons (Fsp3) is 1.00. The molecular formula is C5H9ClO2. The van der Waals surface area contributed by atoms with E-state index in [1.807, 2.05) is 0 Å². The van der Waals surface area contributed by atoms with Gasteiger partial charge in [-0.1, -0.05) is 11.6 Å². The van der Waals surface area contributed by atoms with Gasteiger partial charge in [-0.2, -0.15) is 0 Å². The molecule has 1 saturated heterocycles. The van der Waals surface area contributed by atoms with E-state index in [4.69, 9.17) is 11.6 Å². The van der Waals surface area contributed by atoms with Crippen molar-refractivity contribution in [3.8, 4) is 0 Å². The first-order chi connectivity index (χ1) is 3.89. The summed E-state index contributed by atoms with van der Waals surface area (Å²) in [6.45, 7) is 0.684. The first-order valence-electron chi connectivity index (χ1n) is 2.82. The van der Waals surface area contributed by atoms with E-state index in [9.17, 15) is 0 Å². The molecule has 3 heteroatoms. The van der Waals surface area contributed by atoms with Crippen molar-refractivity contribution >= 4 is 11.6 Å². The third-order valence-electron chi connectivity index (χ3n) is 1.08. The van der Waals surface area contributed by atoms with E-state index >= 15 is 0 Å². The molecule has 1 heterocycles. The van der Waals surface area contributed by atoms with Gasteiger partial charge in [0.05, 0.1) is 6.61 Å². The maximum atomic E-state index is 5.57. The summed E-state index contributed by atoms with van der Waals surface area (Å²) in [6.07, 6.45) is 3.07. The Morgan fingerprint density at radius 1 is 1.38 bits per heavy atom. The fourth-order valence-corrected chi connectivity index (χ4v) is 0.842. The lowest BCUT2D eigenvalue weighted by Gasteiger charge is -2.01. The zero-order valence-corrected chi connectivity index (χ0v) is 5.36. The average Bonchev–Trinajstić information content (AvgIpc) is 1.94. The van der Waals surface area contributed by atoms with Gasteiger partial charge in [0.1, 0.15) is 0 Å². The summed E-state index contributed by atoms with van der Waals surface area (Å²) in [4.78, 5) is 9.34. The Morgan fingerprint density at radius 3 is 3.12 bits per heavy atom. The van der Waals surface area contributed by atoms with Crippen LogP contribution in [0.1, 0.15) is 19.3 Å². The molecular weight excluding hydrogens is 128 g/mol. The number of alkyl halides is 1. The summed E-state index contributed by atoms with van der Waals surface area (Å²) >= 11 is 5.57. The van der Waals surface area contributed by atoms with Gasteiger partial charge >= 0.3 is 0 Å². The quantitative estimate of drug-likeness (QED) is 0.373. The Balaban J connectivity index is 2.17. The monoisotopic (exact) mass is 136 g/mol. The number of rotatable bonds is 0. The topological polar surface area (TPSA) is 18.5 Å². The van der Waals surface area contributed by atoms with Crippen LogP contribution in [-0.4, -0.2) is 12.2 Å². The van der Waals surface area contributed by atoms with E-state index in [1.165, 1.54) is 0 Å². The first kappa shape index (κ1) is 6.33. The van der Waals surface area contributed by atoms with Crippen LogP contribution in [0.4, 0.5) is 0 Å². The smallest absolute Gasteiger partial charge is 0.166 e. The lowest BCUT2D eigenvalue weighted by atomic mass is 10.2. The minimum absolute atomic E-state index is 0.225. The summed E-state index contributed by atoms with van der Waals surface area (Å²) in [6, 6.07) is 0. The van der Waals surface area contributed by atoms with Gasteiger partial charge in [-0.15, -0.1) is 0 Å². The number of halogens is 1. The Hall–Kier alpha value is 0.210. The van der Waals surface area contributed by atoms with E-state index in [0.717, 1.165) is 19.3 Å². The van der Waals surface area contributed by atoms with Gasteiger partial charge in [-0.05, 0) is 19.3 Å². The molecule has 0 bridgehead atoms. The summed E-state index contributed by atoms with van der Waals surface area (Å²) in [7, 11) is 0. The van der Waals surface area contributed by atoms with Crippen LogP contribution in [0.15, 0.2) is 0 Å². The molecule has 1 fully saturated rings. The molecule has 8 heavy (non-hydrogen) atoms. The third-order valence-corrected chi connectivity index (χ3v) is 1.37. The van der Waals surface area contributed by atoms with Gasteiger partial charge in [0.15, 0.2) is 5.56 Å². The molecule has 1 rings (SSSR count). The van der Waals surface area contributed by atoms with Crippen molar-refractivity contribution in [3.63, 3.8) is 0 Å². The summed E-state index contributed by atoms with van der Waals surface area (Å²) in [5.74, 6) is 0. The normalized spacial score (nSPS) is 31.9. The molecule has 1 aliphatic heterocycles. The van der Waals surface area contributed by atoms with E-state index in [-0.39, 0.29) is 5.56 Å². The molecule has 1 unspecified atom stereocenters. The summed E-state index contributed by atoms with van der Waals surface area (Å²) in [5, 5.41) is 0. The summed E-state index contributed by atoms with van der Waals surface area (Å²) < 4.78 is 0. The largest absolute Gasteiger partial charge is 0.235 e. The van der Waals surface area contributed by atoms with Gasteiger partial charge in [-0.25, -0.2) is 9.78 Å². The molecule has 1 atom stereocenters. The summed E-state index contributed by atoms with van der Waals surface area (Å²) in [5.41, 5.74) is -0.225. The highest BCUT2D eigenvalue weighted by molar-refractivity contribution is 6.19. The third kappa shape index (κ3) is 1.99. The molecule has 0 spiro atoms. The van der Waals surface area contributed by atoms with Crippen molar-refractivity contribution in [3.05, 3.63) is 0 Å². The first-order valence-corrected chi connectivity index (χ1v) is 3.25. The average molecular weight is 137 g/mol. The molecule has 48 valence electrons. The Bertz CT molecular complexity index is 59.4. The van der Waals surface area contributed by atoms with Gasteiger partial charge in [0, 0.05) is 0 Å². The van der Waals surface area contributed by atoms with Gasteiger partial charge < -0.3 is 0 Å². The second-order valence-corrected chi connectivity index (χ2v) is 2.31. The molecule has 0 amide bonds. The van der Waals surface area contributed by atoms with Gasteiger partial charge in [0.25, 0.3) is 0 Å². The molecule has 0 aromatic carbocycles. The minimum atomic E-state index is -0.225. The zero-order chi connectivity index (χ0) is 5.82. The van der Waals surface area contributed by atoms with Crippen LogP contribution in [-0.2, 0) is 9.78 Å². The van der Waals surface area contributed by atoms with Crippen molar-refractivity contribution in [2.75, 3.05) is 6.61 Å². The maximum absolute atomic E-state index is 5.57. The van der Waals surface area contributed by atoms with E-state index in [1.54, 1.807) is 0 Å². The maximum Gasteiger partial charge on any atom is 0.166 e. The van der Waals surface area contributed by atoms with Crippen LogP contribution in [0.25, 0.3) is 0 Å². The van der Waals surface area contributed by atoms with Crippen molar-refractivity contribution < 1.29 is 9.78 Å². The SMILES string of the molecule is ClC1CCCCOO1. The molecule has 1 aliphatic rings. The zero-order valence-electron chi connectivity index (χ0n) is 4.60. The molecule has 0 aromatic rings. The fourth-order valence-electron chi connectivity index (χ4n) is 0.636. The van der Waals surface area contributed by atoms with Crippen LogP contribution in [0.2, 0.25) is 0 Å². The second-order valence-electron chi connectivity index (χ2n) is 1.82. The van der Waals surface area contributed by atoms with Crippen molar-refractivity contribution in [2.45, 2.75) is 24.8 Å². The molecule has 2 nitrogen and oxygen atoms in total. The van der Waals surface area contributed by atoms with Crippen LogP contribution in [0, 0.1) is 0 Å². The lowest BCUT2D eigenvalue weighted by molar-refractivity contribution is -0.299. The van der Waals surface area contributed by atoms with Gasteiger partial charge in [0.2, 0.25) is 0 Å². The van der Waals surface area contributed by atoms with Crippen LogP contribution < -0.4 is 0 Å². The Kier molecular flexibility index (Phi) is 2.59. The second kappa shape index (κ2) is 3.28. The molecule has 0 aliphatic carbocycles. The van der Waals surface area contributed by atoms with Crippen LogP contribution in [0.5, 0.6) is 0 Å². The van der Waals surface area contributed by atoms with E-state index in [2.05, 4.69) is 9.78 Å². The minimum Gasteiger partial charge on any atom is -0.235 e. The molecule has 0 saturated carbocycles. The van der Waals surface area contributed by atoms with Gasteiger partial charge in [-0.3, -0.25) is 0 Å². The Morgan fingerprint density at radius 2 is 2.25 bits per heavy atom.